The van der Waals surface area contributed by atoms with E-state index in [9.17, 15) is 9.59 Å². The molecule has 1 unspecified atom stereocenters. The quantitative estimate of drug-likeness (QED) is 0.130. The number of carbonyl (C=O) groups excluding carboxylic acids is 2. The lowest BCUT2D eigenvalue weighted by Crippen LogP contribution is -2.44. The topological polar surface area (TPSA) is 87.2 Å². The van der Waals surface area contributed by atoms with E-state index in [-0.39, 0.29) is 30.2 Å². The van der Waals surface area contributed by atoms with Gasteiger partial charge in [-0.1, -0.05) is 56.1 Å². The number of hydrogen-bond acceptors (Lipinski definition) is 7. The second-order valence-corrected chi connectivity index (χ2v) is 13.8. The average Bonchev–Trinajstić information content (AvgIpc) is 2.98. The predicted molar refractivity (Wildman–Crippen MR) is 179 cm³/mol. The monoisotopic (exact) mass is 709 g/mol. The zero-order valence-corrected chi connectivity index (χ0v) is 27.5. The fraction of sp³-hybridized carbons (Fsp3) is 0.312. The highest BCUT2D eigenvalue weighted by atomic mass is 79.9. The summed E-state index contributed by atoms with van der Waals surface area (Å²) >= 11 is 8.32. The molecule has 0 bridgehead atoms. The summed E-state index contributed by atoms with van der Waals surface area (Å²) in [5, 5.41) is 7.28. The number of amides is 1. The van der Waals surface area contributed by atoms with E-state index in [1.807, 2.05) is 79.7 Å². The predicted octanol–water partition coefficient (Wildman–Crippen LogP) is 7.49. The highest BCUT2D eigenvalue weighted by Gasteiger charge is 2.29. The van der Waals surface area contributed by atoms with E-state index in [2.05, 4.69) is 42.5 Å². The third kappa shape index (κ3) is 7.90. The van der Waals surface area contributed by atoms with Crippen LogP contribution in [-0.2, 0) is 4.79 Å². The van der Waals surface area contributed by atoms with Crippen LogP contribution in [0.4, 0.5) is 11.8 Å². The minimum Gasteiger partial charge on any atom is -0.362 e. The maximum Gasteiger partial charge on any atom is 0.234 e. The first-order valence-corrected chi connectivity index (χ1v) is 16.4. The van der Waals surface area contributed by atoms with Gasteiger partial charge in [-0.05, 0) is 74.2 Å². The maximum absolute atomic E-state index is 13.6. The number of carbonyl (C=O) groups is 2. The Kier molecular flexibility index (Phi) is 10.2. The highest BCUT2D eigenvalue weighted by Crippen LogP contribution is 2.30. The van der Waals surface area contributed by atoms with Gasteiger partial charge in [0.05, 0.1) is 10.8 Å². The number of hydrogen-bond donors (Lipinski definition) is 2. The van der Waals surface area contributed by atoms with Gasteiger partial charge in [0.15, 0.2) is 5.78 Å². The van der Waals surface area contributed by atoms with Gasteiger partial charge >= 0.3 is 0 Å². The molecule has 1 saturated carbocycles. The molecule has 0 aliphatic heterocycles. The molecule has 5 rings (SSSR count). The van der Waals surface area contributed by atoms with Gasteiger partial charge in [-0.25, -0.2) is 4.98 Å². The van der Waals surface area contributed by atoms with Gasteiger partial charge in [0.2, 0.25) is 11.9 Å². The van der Waals surface area contributed by atoms with E-state index in [0.29, 0.717) is 11.5 Å². The van der Waals surface area contributed by atoms with Crippen LogP contribution in [0.15, 0.2) is 86.6 Å². The van der Waals surface area contributed by atoms with Crippen LogP contribution in [0.25, 0.3) is 10.9 Å². The standard InChI is InChI=1S/C32H33Br2N5O2S/c1-39(2)30-26-5-3-4-6-27(26)37-32(38-30)36-24-15-13-23(14-16-24)35-31(41)29(42-25-17-11-22(34)12-18-25)19-28(40)20-7-9-21(33)10-8-20/h3-12,17-18,23-24,29H,13-16,19H2,1-2H3,(H,35,41)(H,36,37,38). The molecule has 1 fully saturated rings. The molecular formula is C32H33Br2N5O2S. The number of benzene rings is 3. The minimum atomic E-state index is -0.534. The van der Waals surface area contributed by atoms with Crippen molar-refractivity contribution in [3.8, 4) is 0 Å². The fourth-order valence-corrected chi connectivity index (χ4v) is 6.67. The van der Waals surface area contributed by atoms with E-state index >= 15 is 0 Å². The number of thioether (sulfide) groups is 1. The molecule has 3 aromatic carbocycles. The normalized spacial score (nSPS) is 17.4. The van der Waals surface area contributed by atoms with Gasteiger partial charge in [-0.2, -0.15) is 4.98 Å². The van der Waals surface area contributed by atoms with Crippen LogP contribution < -0.4 is 15.5 Å². The third-order valence-corrected chi connectivity index (χ3v) is 9.60. The first-order valence-electron chi connectivity index (χ1n) is 14.0. The number of para-hydroxylation sites is 1. The summed E-state index contributed by atoms with van der Waals surface area (Å²) in [6.45, 7) is 0. The molecular weight excluding hydrogens is 678 g/mol. The van der Waals surface area contributed by atoms with Crippen molar-refractivity contribution >= 4 is 78.0 Å². The van der Waals surface area contributed by atoms with Gasteiger partial charge in [0.1, 0.15) is 5.82 Å². The first kappa shape index (κ1) is 30.5. The molecule has 2 N–H and O–H groups in total. The molecule has 218 valence electrons. The molecule has 1 amide bonds. The lowest BCUT2D eigenvalue weighted by atomic mass is 9.91. The van der Waals surface area contributed by atoms with E-state index in [1.165, 1.54) is 11.8 Å². The number of aromatic nitrogens is 2. The Morgan fingerprint density at radius 1 is 0.881 bits per heavy atom. The molecule has 1 atom stereocenters. The Balaban J connectivity index is 1.21. The average molecular weight is 712 g/mol. The second-order valence-electron chi connectivity index (χ2n) is 10.7. The molecule has 0 saturated heterocycles. The van der Waals surface area contributed by atoms with Crippen molar-refractivity contribution < 1.29 is 9.59 Å². The summed E-state index contributed by atoms with van der Waals surface area (Å²) in [4.78, 5) is 39.2. The molecule has 42 heavy (non-hydrogen) atoms. The van der Waals surface area contributed by atoms with Crippen LogP contribution in [0.2, 0.25) is 0 Å². The first-order chi connectivity index (χ1) is 20.2. The van der Waals surface area contributed by atoms with Crippen molar-refractivity contribution in [1.82, 2.24) is 15.3 Å². The van der Waals surface area contributed by atoms with Gasteiger partial charge in [-0.3, -0.25) is 9.59 Å². The number of fused-ring (bicyclic) bond motifs is 1. The van der Waals surface area contributed by atoms with Crippen LogP contribution >= 0.6 is 43.6 Å². The third-order valence-electron chi connectivity index (χ3n) is 7.33. The van der Waals surface area contributed by atoms with Crippen LogP contribution in [0.1, 0.15) is 42.5 Å². The fourth-order valence-electron chi connectivity index (χ4n) is 5.11. The smallest absolute Gasteiger partial charge is 0.234 e. The van der Waals surface area contributed by atoms with Crippen LogP contribution in [0.5, 0.6) is 0 Å². The largest absolute Gasteiger partial charge is 0.362 e. The molecule has 1 aliphatic carbocycles. The van der Waals surface area contributed by atoms with Crippen molar-refractivity contribution in [1.29, 1.82) is 0 Å². The lowest BCUT2D eigenvalue weighted by Gasteiger charge is -2.31. The molecule has 1 aliphatic rings. The van der Waals surface area contributed by atoms with Crippen molar-refractivity contribution in [3.63, 3.8) is 0 Å². The van der Waals surface area contributed by atoms with Gasteiger partial charge in [0, 0.05) is 57.4 Å². The van der Waals surface area contributed by atoms with Crippen LogP contribution in [-0.4, -0.2) is 53.1 Å². The zero-order chi connectivity index (χ0) is 29.6. The number of Topliss-reactive ketones (excluding diaryl/α,β-unsaturated/α-hetero) is 1. The maximum atomic E-state index is 13.6. The van der Waals surface area contributed by atoms with Gasteiger partial charge in [0.25, 0.3) is 0 Å². The number of halogens is 2. The van der Waals surface area contributed by atoms with Crippen molar-refractivity contribution in [2.45, 2.75) is 54.3 Å². The number of nitrogens with zero attached hydrogens (tertiary/aromatic N) is 3. The van der Waals surface area contributed by atoms with E-state index in [0.717, 1.165) is 56.2 Å². The summed E-state index contributed by atoms with van der Waals surface area (Å²) in [7, 11) is 3.97. The van der Waals surface area contributed by atoms with E-state index in [1.54, 1.807) is 12.1 Å². The molecule has 7 nitrogen and oxygen atoms in total. The Morgan fingerprint density at radius 3 is 2.17 bits per heavy atom. The SMILES string of the molecule is CN(C)c1nc(NC2CCC(NC(=O)C(CC(=O)c3ccc(Br)cc3)Sc3ccc(Br)cc3)CC2)nc2ccccc12. The Hall–Kier alpha value is -2.95. The number of rotatable bonds is 10. The van der Waals surface area contributed by atoms with Gasteiger partial charge in [-0.15, -0.1) is 11.8 Å². The van der Waals surface area contributed by atoms with Crippen LogP contribution in [0.3, 0.4) is 0 Å². The Morgan fingerprint density at radius 2 is 1.50 bits per heavy atom. The molecule has 4 aromatic rings. The van der Waals surface area contributed by atoms with Crippen molar-refractivity contribution in [2.75, 3.05) is 24.3 Å². The molecule has 0 spiro atoms. The molecule has 1 heterocycles. The zero-order valence-electron chi connectivity index (χ0n) is 23.5. The minimum absolute atomic E-state index is 0.0485. The van der Waals surface area contributed by atoms with Crippen LogP contribution in [0, 0.1) is 0 Å². The molecule has 1 aromatic heterocycles. The lowest BCUT2D eigenvalue weighted by molar-refractivity contribution is -0.121. The van der Waals surface area contributed by atoms with E-state index < -0.39 is 5.25 Å². The van der Waals surface area contributed by atoms with Crippen molar-refractivity contribution in [3.05, 3.63) is 87.3 Å². The summed E-state index contributed by atoms with van der Waals surface area (Å²) in [5.41, 5.74) is 1.51. The number of anilines is 2. The Bertz CT molecular complexity index is 1540. The molecule has 10 heteroatoms. The second kappa shape index (κ2) is 14.0. The summed E-state index contributed by atoms with van der Waals surface area (Å²) in [6.07, 6.45) is 3.59. The van der Waals surface area contributed by atoms with Gasteiger partial charge < -0.3 is 15.5 Å². The summed E-state index contributed by atoms with van der Waals surface area (Å²) in [6, 6.07) is 23.4. The summed E-state index contributed by atoms with van der Waals surface area (Å²) in [5.74, 6) is 1.37. The van der Waals surface area contributed by atoms with E-state index in [4.69, 9.17) is 9.97 Å². The number of nitrogens with one attached hydrogen (secondary N) is 2. The highest BCUT2D eigenvalue weighted by molar-refractivity contribution is 9.10. The molecule has 0 radical (unpaired) electrons. The number of ketones is 1. The summed E-state index contributed by atoms with van der Waals surface area (Å²) < 4.78 is 1.88. The Labute approximate surface area is 267 Å². The van der Waals surface area contributed by atoms with Crippen molar-refractivity contribution in [2.24, 2.45) is 0 Å².